The zero-order chi connectivity index (χ0) is 25.9. The van der Waals surface area contributed by atoms with Gasteiger partial charge in [-0.1, -0.05) is 24.3 Å². The fraction of sp³-hybridized carbons (Fsp3) is 0.148. The van der Waals surface area contributed by atoms with Crippen LogP contribution in [-0.2, 0) is 6.54 Å². The summed E-state index contributed by atoms with van der Waals surface area (Å²) in [6.45, 7) is 4.13. The molecule has 10 nitrogen and oxygen atoms in total. The molecule has 0 aliphatic carbocycles. The van der Waals surface area contributed by atoms with Crippen LogP contribution >= 0.6 is 0 Å². The lowest BCUT2D eigenvalue weighted by molar-refractivity contribution is 0.251. The van der Waals surface area contributed by atoms with Crippen LogP contribution < -0.4 is 25.8 Å². The van der Waals surface area contributed by atoms with Crippen molar-refractivity contribution in [2.45, 2.75) is 20.4 Å². The van der Waals surface area contributed by atoms with E-state index < -0.39 is 0 Å². The molecular weight excluding hydrogens is 468 g/mol. The zero-order valence-corrected chi connectivity index (χ0v) is 20.7. The second-order valence-electron chi connectivity index (χ2n) is 8.73. The highest BCUT2D eigenvalue weighted by atomic mass is 16.2. The maximum atomic E-state index is 13.4. The molecule has 0 atom stereocenters. The first kappa shape index (κ1) is 23.7. The number of urea groups is 2. The second-order valence-corrected chi connectivity index (χ2v) is 8.73. The van der Waals surface area contributed by atoms with Gasteiger partial charge in [-0.2, -0.15) is 4.98 Å². The normalized spacial score (nSPS) is 12.7. The first-order chi connectivity index (χ1) is 17.9. The van der Waals surface area contributed by atoms with Crippen LogP contribution in [0.2, 0.25) is 0 Å². The molecule has 10 heteroatoms. The van der Waals surface area contributed by atoms with Crippen molar-refractivity contribution in [3.8, 4) is 0 Å². The first-order valence-electron chi connectivity index (χ1n) is 11.7. The quantitative estimate of drug-likeness (QED) is 0.340. The summed E-state index contributed by atoms with van der Waals surface area (Å²) in [6.07, 6.45) is 3.42. The average molecular weight is 495 g/mol. The van der Waals surface area contributed by atoms with Gasteiger partial charge in [0.05, 0.1) is 24.1 Å². The van der Waals surface area contributed by atoms with E-state index in [1.165, 1.54) is 4.90 Å². The van der Waals surface area contributed by atoms with Crippen molar-refractivity contribution in [2.75, 3.05) is 32.8 Å². The first-order valence-corrected chi connectivity index (χ1v) is 11.7. The van der Waals surface area contributed by atoms with E-state index in [0.29, 0.717) is 35.4 Å². The number of nitrogens with zero attached hydrogens (tertiary/aromatic N) is 5. The molecule has 1 aliphatic rings. The Morgan fingerprint density at radius 1 is 0.892 bits per heavy atom. The lowest BCUT2D eigenvalue weighted by Gasteiger charge is -2.35. The average Bonchev–Trinajstić information content (AvgIpc) is 2.89. The standard InChI is InChI=1S/C27H26N8O2/c1-17-9-11-21(32-26(36)31-20-7-5-4-6-8-20)13-23(17)35-16-19-14-29-25(33-24(19)34(3)27(35)37)30-22-12-10-18(2)28-15-22/h4-15H,16H2,1-3H3,(H,29,30,33)(H2,31,32,36). The number of para-hydroxylation sites is 1. The molecule has 3 N–H and O–H groups in total. The van der Waals surface area contributed by atoms with Crippen molar-refractivity contribution < 1.29 is 9.59 Å². The number of pyridine rings is 1. The number of fused-ring (bicyclic) bond motifs is 1. The molecule has 0 fully saturated rings. The molecule has 4 aromatic rings. The Balaban J connectivity index is 1.35. The van der Waals surface area contributed by atoms with Gasteiger partial charge in [-0.3, -0.25) is 14.8 Å². The lowest BCUT2D eigenvalue weighted by Crippen LogP contribution is -2.46. The summed E-state index contributed by atoms with van der Waals surface area (Å²) >= 11 is 0. The number of nitrogens with one attached hydrogen (secondary N) is 3. The van der Waals surface area contributed by atoms with Gasteiger partial charge in [-0.05, 0) is 55.8 Å². The molecule has 0 spiro atoms. The van der Waals surface area contributed by atoms with Crippen molar-refractivity contribution in [1.29, 1.82) is 0 Å². The minimum Gasteiger partial charge on any atom is -0.323 e. The molecule has 37 heavy (non-hydrogen) atoms. The molecule has 0 unspecified atom stereocenters. The molecule has 5 rings (SSSR count). The molecule has 3 heterocycles. The number of carbonyl (C=O) groups is 2. The Morgan fingerprint density at radius 2 is 1.65 bits per heavy atom. The predicted octanol–water partition coefficient (Wildman–Crippen LogP) is 5.45. The minimum atomic E-state index is -0.370. The summed E-state index contributed by atoms with van der Waals surface area (Å²) < 4.78 is 0. The Bertz CT molecular complexity index is 1460. The van der Waals surface area contributed by atoms with Crippen LogP contribution in [0.5, 0.6) is 0 Å². The van der Waals surface area contributed by atoms with Crippen LogP contribution in [0.25, 0.3) is 0 Å². The molecule has 0 saturated carbocycles. The molecule has 0 bridgehead atoms. The molecule has 186 valence electrons. The summed E-state index contributed by atoms with van der Waals surface area (Å²) in [5, 5.41) is 8.76. The zero-order valence-electron chi connectivity index (χ0n) is 20.7. The summed E-state index contributed by atoms with van der Waals surface area (Å²) in [6, 6.07) is 17.8. The van der Waals surface area contributed by atoms with E-state index in [-0.39, 0.29) is 12.1 Å². The van der Waals surface area contributed by atoms with E-state index in [1.54, 1.807) is 48.6 Å². The molecule has 1 aliphatic heterocycles. The number of hydrogen-bond donors (Lipinski definition) is 3. The van der Waals surface area contributed by atoms with Crippen LogP contribution in [0.4, 0.5) is 44.1 Å². The Morgan fingerprint density at radius 3 is 2.41 bits per heavy atom. The van der Waals surface area contributed by atoms with Gasteiger partial charge in [0.1, 0.15) is 5.82 Å². The molecule has 2 aromatic heterocycles. The smallest absolute Gasteiger partial charge is 0.323 e. The lowest BCUT2D eigenvalue weighted by atomic mass is 10.1. The van der Waals surface area contributed by atoms with Crippen molar-refractivity contribution >= 4 is 46.6 Å². The topological polar surface area (TPSA) is 115 Å². The monoisotopic (exact) mass is 494 g/mol. The van der Waals surface area contributed by atoms with E-state index in [1.807, 2.05) is 50.2 Å². The Hall–Kier alpha value is -4.99. The third-order valence-corrected chi connectivity index (χ3v) is 5.96. The van der Waals surface area contributed by atoms with E-state index >= 15 is 0 Å². The number of hydrogen-bond acceptors (Lipinski definition) is 6. The van der Waals surface area contributed by atoms with Gasteiger partial charge in [0.25, 0.3) is 0 Å². The maximum absolute atomic E-state index is 13.4. The largest absolute Gasteiger partial charge is 0.330 e. The highest BCUT2D eigenvalue weighted by Crippen LogP contribution is 2.33. The predicted molar refractivity (Wildman–Crippen MR) is 145 cm³/mol. The van der Waals surface area contributed by atoms with E-state index in [2.05, 4.69) is 30.9 Å². The number of aromatic nitrogens is 3. The van der Waals surface area contributed by atoms with Gasteiger partial charge in [-0.15, -0.1) is 0 Å². The van der Waals surface area contributed by atoms with Gasteiger partial charge in [0, 0.05) is 35.9 Å². The fourth-order valence-electron chi connectivity index (χ4n) is 4.02. The summed E-state index contributed by atoms with van der Waals surface area (Å²) in [5.74, 6) is 0.914. The van der Waals surface area contributed by atoms with Crippen LogP contribution in [0.1, 0.15) is 16.8 Å². The number of aryl methyl sites for hydroxylation is 2. The van der Waals surface area contributed by atoms with Crippen molar-refractivity contribution in [1.82, 2.24) is 15.0 Å². The molecular formula is C27H26N8O2. The van der Waals surface area contributed by atoms with Gasteiger partial charge in [0.15, 0.2) is 0 Å². The maximum Gasteiger partial charge on any atom is 0.330 e. The minimum absolute atomic E-state index is 0.233. The van der Waals surface area contributed by atoms with Crippen molar-refractivity contribution in [3.63, 3.8) is 0 Å². The third kappa shape index (κ3) is 5.18. The fourth-order valence-corrected chi connectivity index (χ4v) is 4.02. The summed E-state index contributed by atoms with van der Waals surface area (Å²) in [5.41, 5.74) is 5.30. The third-order valence-electron chi connectivity index (χ3n) is 5.96. The molecule has 4 amide bonds. The number of anilines is 6. The van der Waals surface area contributed by atoms with Crippen molar-refractivity contribution in [3.05, 3.63) is 89.9 Å². The Kier molecular flexibility index (Phi) is 6.38. The Labute approximate surface area is 214 Å². The summed E-state index contributed by atoms with van der Waals surface area (Å²) in [7, 11) is 1.68. The number of amides is 4. The van der Waals surface area contributed by atoms with Gasteiger partial charge < -0.3 is 16.0 Å². The number of benzene rings is 2. The van der Waals surface area contributed by atoms with E-state index in [9.17, 15) is 9.59 Å². The van der Waals surface area contributed by atoms with Gasteiger partial charge in [-0.25, -0.2) is 14.6 Å². The van der Waals surface area contributed by atoms with Crippen LogP contribution in [0.15, 0.2) is 73.1 Å². The van der Waals surface area contributed by atoms with Crippen LogP contribution in [0.3, 0.4) is 0 Å². The second kappa shape index (κ2) is 9.94. The van der Waals surface area contributed by atoms with E-state index in [0.717, 1.165) is 22.5 Å². The van der Waals surface area contributed by atoms with Crippen LogP contribution in [0, 0.1) is 13.8 Å². The summed E-state index contributed by atoms with van der Waals surface area (Å²) in [4.78, 5) is 42.3. The van der Waals surface area contributed by atoms with Crippen molar-refractivity contribution in [2.24, 2.45) is 0 Å². The molecule has 0 radical (unpaired) electrons. The SMILES string of the molecule is Cc1ccc(Nc2ncc3c(n2)N(C)C(=O)N(c2cc(NC(=O)Nc4ccccc4)ccc2C)C3)cn1. The number of carbonyl (C=O) groups excluding carboxylic acids is 2. The van der Waals surface area contributed by atoms with E-state index in [4.69, 9.17) is 0 Å². The molecule has 2 aromatic carbocycles. The van der Waals surface area contributed by atoms with Gasteiger partial charge in [0.2, 0.25) is 5.95 Å². The van der Waals surface area contributed by atoms with Gasteiger partial charge >= 0.3 is 12.1 Å². The highest BCUT2D eigenvalue weighted by molar-refractivity contribution is 6.06. The number of rotatable bonds is 5. The van der Waals surface area contributed by atoms with Crippen LogP contribution in [-0.4, -0.2) is 34.1 Å². The highest BCUT2D eigenvalue weighted by Gasteiger charge is 2.31. The molecule has 0 saturated heterocycles.